The van der Waals surface area contributed by atoms with E-state index in [9.17, 15) is 5.11 Å². The van der Waals surface area contributed by atoms with Crippen LogP contribution < -0.4 is 0 Å². The summed E-state index contributed by atoms with van der Waals surface area (Å²) in [6.45, 7) is 8.66. The molecule has 2 heteroatoms. The van der Waals surface area contributed by atoms with Crippen LogP contribution in [-0.4, -0.2) is 23.1 Å². The third-order valence-electron chi connectivity index (χ3n) is 3.14. The average molecular weight is 221 g/mol. The number of hydrogen-bond acceptors (Lipinski definition) is 2. The molecule has 0 aliphatic rings. The molecule has 1 unspecified atom stereocenters. The number of nitrogens with zero attached hydrogens (tertiary/aromatic N) is 1. The van der Waals surface area contributed by atoms with E-state index in [4.69, 9.17) is 0 Å². The normalized spacial score (nSPS) is 13.0. The molecule has 1 N–H and O–H groups in total. The second-order valence-corrected chi connectivity index (χ2v) is 4.22. The highest BCUT2D eigenvalue weighted by molar-refractivity contribution is 5.34. The zero-order valence-electron chi connectivity index (χ0n) is 10.6. The molecule has 0 fully saturated rings. The van der Waals surface area contributed by atoms with Crippen LogP contribution in [0.4, 0.5) is 0 Å². The van der Waals surface area contributed by atoms with E-state index in [0.29, 0.717) is 5.75 Å². The number of phenolic OH excluding ortho intramolecular Hbond substituents is 1. The molecule has 1 atom stereocenters. The lowest BCUT2D eigenvalue weighted by atomic mass is 10.1. The SMILES string of the molecule is CCCCN(CC)C(C)c1ccccc1O. The predicted octanol–water partition coefficient (Wildman–Crippen LogP) is 3.58. The Morgan fingerprint density at radius 1 is 1.25 bits per heavy atom. The number of unbranched alkanes of at least 4 members (excludes halogenated alkanes) is 1. The van der Waals surface area contributed by atoms with Gasteiger partial charge >= 0.3 is 0 Å². The molecule has 0 aromatic heterocycles. The van der Waals surface area contributed by atoms with Crippen molar-refractivity contribution in [1.29, 1.82) is 0 Å². The largest absolute Gasteiger partial charge is 0.508 e. The Labute approximate surface area is 98.9 Å². The van der Waals surface area contributed by atoms with Gasteiger partial charge in [0.15, 0.2) is 0 Å². The van der Waals surface area contributed by atoms with E-state index in [1.807, 2.05) is 18.2 Å². The van der Waals surface area contributed by atoms with Gasteiger partial charge in [-0.2, -0.15) is 0 Å². The first-order chi connectivity index (χ1) is 7.70. The van der Waals surface area contributed by atoms with Gasteiger partial charge in [-0.1, -0.05) is 38.5 Å². The summed E-state index contributed by atoms with van der Waals surface area (Å²) in [5.74, 6) is 0.407. The molecule has 90 valence electrons. The van der Waals surface area contributed by atoms with E-state index in [1.54, 1.807) is 6.07 Å². The lowest BCUT2D eigenvalue weighted by Gasteiger charge is -2.28. The third-order valence-corrected chi connectivity index (χ3v) is 3.14. The highest BCUT2D eigenvalue weighted by Crippen LogP contribution is 2.27. The van der Waals surface area contributed by atoms with E-state index < -0.39 is 0 Å². The summed E-state index contributed by atoms with van der Waals surface area (Å²) in [4.78, 5) is 2.40. The Morgan fingerprint density at radius 2 is 1.94 bits per heavy atom. The van der Waals surface area contributed by atoms with Crippen molar-refractivity contribution in [2.45, 2.75) is 39.7 Å². The maximum absolute atomic E-state index is 9.82. The lowest BCUT2D eigenvalue weighted by molar-refractivity contribution is 0.215. The molecule has 0 amide bonds. The van der Waals surface area contributed by atoms with Gasteiger partial charge in [-0.3, -0.25) is 4.90 Å². The van der Waals surface area contributed by atoms with Crippen molar-refractivity contribution in [3.05, 3.63) is 29.8 Å². The topological polar surface area (TPSA) is 23.5 Å². The minimum atomic E-state index is 0.290. The fraction of sp³-hybridized carbons (Fsp3) is 0.571. The van der Waals surface area contributed by atoms with Crippen LogP contribution in [0.1, 0.15) is 45.2 Å². The fourth-order valence-corrected chi connectivity index (χ4v) is 2.02. The Hall–Kier alpha value is -1.02. The molecule has 0 bridgehead atoms. The molecule has 0 aliphatic heterocycles. The van der Waals surface area contributed by atoms with E-state index in [1.165, 1.54) is 12.8 Å². The van der Waals surface area contributed by atoms with Crippen molar-refractivity contribution in [3.63, 3.8) is 0 Å². The molecule has 0 saturated carbocycles. The second kappa shape index (κ2) is 6.54. The Balaban J connectivity index is 2.74. The van der Waals surface area contributed by atoms with Crippen molar-refractivity contribution in [2.75, 3.05) is 13.1 Å². The zero-order chi connectivity index (χ0) is 12.0. The number of phenols is 1. The van der Waals surface area contributed by atoms with Gasteiger partial charge in [-0.25, -0.2) is 0 Å². The molecule has 0 radical (unpaired) electrons. The quantitative estimate of drug-likeness (QED) is 0.793. The average Bonchev–Trinajstić information content (AvgIpc) is 2.30. The van der Waals surface area contributed by atoms with Gasteiger partial charge in [0.05, 0.1) is 0 Å². The van der Waals surface area contributed by atoms with Gasteiger partial charge in [-0.05, 0) is 32.5 Å². The van der Waals surface area contributed by atoms with Crippen LogP contribution in [0.2, 0.25) is 0 Å². The molecular formula is C14H23NO. The van der Waals surface area contributed by atoms with Gasteiger partial charge in [0.25, 0.3) is 0 Å². The number of aromatic hydroxyl groups is 1. The summed E-state index contributed by atoms with van der Waals surface area (Å²) in [6.07, 6.45) is 2.43. The van der Waals surface area contributed by atoms with Crippen LogP contribution in [0, 0.1) is 0 Å². The third kappa shape index (κ3) is 3.24. The van der Waals surface area contributed by atoms with Crippen LogP contribution >= 0.6 is 0 Å². The Morgan fingerprint density at radius 3 is 2.50 bits per heavy atom. The molecule has 16 heavy (non-hydrogen) atoms. The van der Waals surface area contributed by atoms with Crippen LogP contribution in [0.15, 0.2) is 24.3 Å². The highest BCUT2D eigenvalue weighted by atomic mass is 16.3. The maximum Gasteiger partial charge on any atom is 0.120 e. The van der Waals surface area contributed by atoms with Crippen molar-refractivity contribution < 1.29 is 5.11 Å². The first-order valence-electron chi connectivity index (χ1n) is 6.22. The van der Waals surface area contributed by atoms with Gasteiger partial charge in [0.1, 0.15) is 5.75 Å². The van der Waals surface area contributed by atoms with Crippen LogP contribution in [0.5, 0.6) is 5.75 Å². The van der Waals surface area contributed by atoms with Crippen molar-refractivity contribution in [1.82, 2.24) is 4.90 Å². The lowest BCUT2D eigenvalue weighted by Crippen LogP contribution is -2.27. The van der Waals surface area contributed by atoms with Crippen LogP contribution in [0.25, 0.3) is 0 Å². The summed E-state index contributed by atoms with van der Waals surface area (Å²) in [5.41, 5.74) is 1.03. The summed E-state index contributed by atoms with van der Waals surface area (Å²) in [7, 11) is 0. The highest BCUT2D eigenvalue weighted by Gasteiger charge is 2.15. The standard InChI is InChI=1S/C14H23NO/c1-4-6-11-15(5-2)12(3)13-9-7-8-10-14(13)16/h7-10,12,16H,4-6,11H2,1-3H3. The van der Waals surface area contributed by atoms with Crippen molar-refractivity contribution in [2.24, 2.45) is 0 Å². The molecule has 0 spiro atoms. The van der Waals surface area contributed by atoms with E-state index in [0.717, 1.165) is 18.7 Å². The van der Waals surface area contributed by atoms with Gasteiger partial charge in [0.2, 0.25) is 0 Å². The summed E-state index contributed by atoms with van der Waals surface area (Å²) in [6, 6.07) is 7.92. The molecule has 0 heterocycles. The van der Waals surface area contributed by atoms with Crippen LogP contribution in [-0.2, 0) is 0 Å². The van der Waals surface area contributed by atoms with Crippen LogP contribution in [0.3, 0.4) is 0 Å². The number of hydrogen-bond donors (Lipinski definition) is 1. The second-order valence-electron chi connectivity index (χ2n) is 4.22. The molecule has 1 aromatic carbocycles. The van der Waals surface area contributed by atoms with E-state index >= 15 is 0 Å². The molecular weight excluding hydrogens is 198 g/mol. The molecule has 0 aliphatic carbocycles. The number of rotatable bonds is 6. The van der Waals surface area contributed by atoms with Gasteiger partial charge in [-0.15, -0.1) is 0 Å². The zero-order valence-corrected chi connectivity index (χ0v) is 10.6. The summed E-state index contributed by atoms with van der Waals surface area (Å²) >= 11 is 0. The number of para-hydroxylation sites is 1. The monoisotopic (exact) mass is 221 g/mol. The summed E-state index contributed by atoms with van der Waals surface area (Å²) < 4.78 is 0. The summed E-state index contributed by atoms with van der Waals surface area (Å²) in [5, 5.41) is 9.82. The van der Waals surface area contributed by atoms with Gasteiger partial charge < -0.3 is 5.11 Å². The smallest absolute Gasteiger partial charge is 0.120 e. The Bertz CT molecular complexity index is 311. The number of benzene rings is 1. The first-order valence-corrected chi connectivity index (χ1v) is 6.22. The molecule has 2 nitrogen and oxygen atoms in total. The predicted molar refractivity (Wildman–Crippen MR) is 68.7 cm³/mol. The molecule has 0 saturated heterocycles. The maximum atomic E-state index is 9.82. The minimum Gasteiger partial charge on any atom is -0.508 e. The van der Waals surface area contributed by atoms with Crippen molar-refractivity contribution >= 4 is 0 Å². The van der Waals surface area contributed by atoms with E-state index in [-0.39, 0.29) is 6.04 Å². The molecule has 1 aromatic rings. The van der Waals surface area contributed by atoms with Crippen molar-refractivity contribution in [3.8, 4) is 5.75 Å². The first kappa shape index (κ1) is 13.0. The Kier molecular flexibility index (Phi) is 5.33. The molecule has 1 rings (SSSR count). The van der Waals surface area contributed by atoms with E-state index in [2.05, 4.69) is 25.7 Å². The fourth-order valence-electron chi connectivity index (χ4n) is 2.02. The minimum absolute atomic E-state index is 0.290. The van der Waals surface area contributed by atoms with Gasteiger partial charge in [0, 0.05) is 11.6 Å².